The molecule has 1 heterocycles. The third-order valence-electron chi connectivity index (χ3n) is 3.42. The van der Waals surface area contributed by atoms with Gasteiger partial charge >= 0.3 is 0 Å². The molecule has 0 bridgehead atoms. The molecule has 0 amide bonds. The van der Waals surface area contributed by atoms with Crippen molar-refractivity contribution in [3.05, 3.63) is 33.9 Å². The molecule has 1 aliphatic rings. The molecular weight excluding hydrogens is 282 g/mol. The summed E-state index contributed by atoms with van der Waals surface area (Å²) in [6, 6.07) is 3.86. The first-order valence-electron chi connectivity index (χ1n) is 6.31. The van der Waals surface area contributed by atoms with Crippen LogP contribution in [0.5, 0.6) is 0 Å². The van der Waals surface area contributed by atoms with Gasteiger partial charge in [0.2, 0.25) is 10.0 Å². The second-order valence-electron chi connectivity index (χ2n) is 4.87. The number of aryl methyl sites for hydroxylation is 1. The van der Waals surface area contributed by atoms with Crippen molar-refractivity contribution in [2.45, 2.75) is 24.8 Å². The molecule has 0 radical (unpaired) electrons. The third-order valence-corrected chi connectivity index (χ3v) is 5.43. The molecule has 1 aromatic carbocycles. The highest BCUT2D eigenvalue weighted by Gasteiger charge is 2.32. The van der Waals surface area contributed by atoms with Gasteiger partial charge in [0.1, 0.15) is 0 Å². The van der Waals surface area contributed by atoms with Crippen LogP contribution >= 0.6 is 0 Å². The van der Waals surface area contributed by atoms with Gasteiger partial charge in [-0.25, -0.2) is 8.42 Å². The minimum atomic E-state index is -3.70. The van der Waals surface area contributed by atoms with Gasteiger partial charge in [-0.2, -0.15) is 4.31 Å². The number of benzene rings is 1. The van der Waals surface area contributed by atoms with Gasteiger partial charge < -0.3 is 5.32 Å². The lowest BCUT2D eigenvalue weighted by Crippen LogP contribution is -2.52. The van der Waals surface area contributed by atoms with E-state index in [-0.39, 0.29) is 16.6 Å². The highest BCUT2D eigenvalue weighted by Crippen LogP contribution is 2.25. The number of piperazine rings is 1. The smallest absolute Gasteiger partial charge is 0.273 e. The van der Waals surface area contributed by atoms with Gasteiger partial charge in [0.25, 0.3) is 5.69 Å². The molecule has 1 aromatic rings. The minimum absolute atomic E-state index is 0.0245. The molecule has 0 aliphatic carbocycles. The molecule has 110 valence electrons. The fraction of sp³-hybridized carbons (Fsp3) is 0.500. The Morgan fingerprint density at radius 1 is 1.45 bits per heavy atom. The van der Waals surface area contributed by atoms with E-state index in [4.69, 9.17) is 0 Å². The standard InChI is InChI=1S/C12H17N3O4S/c1-9-3-4-11(7-12(9)15(16)17)20(18,19)14-6-5-13-8-10(14)2/h3-4,7,10,13H,5-6,8H2,1-2H3/t10-/m1/s1. The van der Waals surface area contributed by atoms with E-state index in [1.165, 1.54) is 16.4 Å². The Balaban J connectivity index is 2.44. The van der Waals surface area contributed by atoms with Crippen LogP contribution in [0.25, 0.3) is 0 Å². The number of hydrogen-bond donors (Lipinski definition) is 1. The summed E-state index contributed by atoms with van der Waals surface area (Å²) in [5.74, 6) is 0. The van der Waals surface area contributed by atoms with Gasteiger partial charge in [-0.15, -0.1) is 0 Å². The molecule has 2 rings (SSSR count). The Labute approximate surface area is 117 Å². The van der Waals surface area contributed by atoms with Gasteiger partial charge in [-0.3, -0.25) is 10.1 Å². The predicted octanol–water partition coefficient (Wildman–Crippen LogP) is 0.886. The van der Waals surface area contributed by atoms with Gasteiger partial charge in [0.15, 0.2) is 0 Å². The number of nitro groups is 1. The lowest BCUT2D eigenvalue weighted by Gasteiger charge is -2.32. The van der Waals surface area contributed by atoms with Crippen molar-refractivity contribution in [2.75, 3.05) is 19.6 Å². The van der Waals surface area contributed by atoms with Crippen LogP contribution in [0.2, 0.25) is 0 Å². The monoisotopic (exact) mass is 299 g/mol. The molecular formula is C12H17N3O4S. The molecule has 7 nitrogen and oxygen atoms in total. The zero-order chi connectivity index (χ0) is 14.9. The van der Waals surface area contributed by atoms with Crippen molar-refractivity contribution in [1.82, 2.24) is 9.62 Å². The van der Waals surface area contributed by atoms with Crippen molar-refractivity contribution >= 4 is 15.7 Å². The van der Waals surface area contributed by atoms with E-state index < -0.39 is 14.9 Å². The minimum Gasteiger partial charge on any atom is -0.314 e. The van der Waals surface area contributed by atoms with E-state index in [1.807, 2.05) is 6.92 Å². The Morgan fingerprint density at radius 3 is 2.75 bits per heavy atom. The number of hydrogen-bond acceptors (Lipinski definition) is 5. The van der Waals surface area contributed by atoms with Gasteiger partial charge in [-0.1, -0.05) is 6.07 Å². The van der Waals surface area contributed by atoms with Crippen molar-refractivity contribution in [3.8, 4) is 0 Å². The van der Waals surface area contributed by atoms with Crippen molar-refractivity contribution in [1.29, 1.82) is 0 Å². The van der Waals surface area contributed by atoms with Crippen LogP contribution < -0.4 is 5.32 Å². The number of nitrogens with one attached hydrogen (secondary N) is 1. The fourth-order valence-electron chi connectivity index (χ4n) is 2.26. The SMILES string of the molecule is Cc1ccc(S(=O)(=O)N2CCNC[C@H]2C)cc1[N+](=O)[O-]. The Kier molecular flexibility index (Phi) is 4.07. The van der Waals surface area contributed by atoms with Crippen LogP contribution in [-0.4, -0.2) is 43.3 Å². The lowest BCUT2D eigenvalue weighted by atomic mass is 10.2. The van der Waals surface area contributed by atoms with E-state index in [2.05, 4.69) is 5.32 Å². The summed E-state index contributed by atoms with van der Waals surface area (Å²) in [6.07, 6.45) is 0. The maximum Gasteiger partial charge on any atom is 0.273 e. The van der Waals surface area contributed by atoms with Crippen LogP contribution in [0.15, 0.2) is 23.1 Å². The zero-order valence-corrected chi connectivity index (χ0v) is 12.2. The predicted molar refractivity (Wildman–Crippen MR) is 74.1 cm³/mol. The van der Waals surface area contributed by atoms with Crippen LogP contribution in [0.3, 0.4) is 0 Å². The van der Waals surface area contributed by atoms with Crippen LogP contribution in [0, 0.1) is 17.0 Å². The Hall–Kier alpha value is -1.51. The highest BCUT2D eigenvalue weighted by atomic mass is 32.2. The van der Waals surface area contributed by atoms with Crippen molar-refractivity contribution in [3.63, 3.8) is 0 Å². The fourth-order valence-corrected chi connectivity index (χ4v) is 3.91. The maximum absolute atomic E-state index is 12.6. The average Bonchev–Trinajstić information content (AvgIpc) is 2.38. The first kappa shape index (κ1) is 14.9. The number of sulfonamides is 1. The molecule has 0 saturated carbocycles. The van der Waals surface area contributed by atoms with Gasteiger partial charge in [-0.05, 0) is 19.9 Å². The second-order valence-corrected chi connectivity index (χ2v) is 6.76. The molecule has 20 heavy (non-hydrogen) atoms. The molecule has 0 aromatic heterocycles. The summed E-state index contributed by atoms with van der Waals surface area (Å²) in [4.78, 5) is 10.3. The maximum atomic E-state index is 12.6. The number of rotatable bonds is 3. The van der Waals surface area contributed by atoms with Gasteiger partial charge in [0.05, 0.1) is 9.82 Å². The number of nitrogens with zero attached hydrogens (tertiary/aromatic N) is 2. The third kappa shape index (κ3) is 2.67. The van der Waals surface area contributed by atoms with Crippen LogP contribution in [0.1, 0.15) is 12.5 Å². The van der Waals surface area contributed by atoms with Crippen LogP contribution in [-0.2, 0) is 10.0 Å². The van der Waals surface area contributed by atoms with Crippen molar-refractivity contribution in [2.24, 2.45) is 0 Å². The summed E-state index contributed by atoms with van der Waals surface area (Å²) >= 11 is 0. The van der Waals surface area contributed by atoms with Crippen LogP contribution in [0.4, 0.5) is 5.69 Å². The summed E-state index contributed by atoms with van der Waals surface area (Å²) < 4.78 is 26.5. The second kappa shape index (κ2) is 5.47. The topological polar surface area (TPSA) is 92.6 Å². The van der Waals surface area contributed by atoms with E-state index in [1.54, 1.807) is 6.92 Å². The van der Waals surface area contributed by atoms with E-state index in [0.717, 1.165) is 6.07 Å². The molecule has 1 atom stereocenters. The highest BCUT2D eigenvalue weighted by molar-refractivity contribution is 7.89. The van der Waals surface area contributed by atoms with E-state index >= 15 is 0 Å². The van der Waals surface area contributed by atoms with E-state index in [9.17, 15) is 18.5 Å². The quantitative estimate of drug-likeness (QED) is 0.661. The summed E-state index contributed by atoms with van der Waals surface area (Å²) in [5, 5.41) is 14.0. The Morgan fingerprint density at radius 2 is 2.15 bits per heavy atom. The summed E-state index contributed by atoms with van der Waals surface area (Å²) in [5.41, 5.74) is 0.274. The largest absolute Gasteiger partial charge is 0.314 e. The van der Waals surface area contributed by atoms with Gasteiger partial charge in [0, 0.05) is 37.3 Å². The summed E-state index contributed by atoms with van der Waals surface area (Å²) in [6.45, 7) is 4.92. The molecule has 1 saturated heterocycles. The summed E-state index contributed by atoms with van der Waals surface area (Å²) in [7, 11) is -3.70. The normalized spacial score (nSPS) is 20.8. The zero-order valence-electron chi connectivity index (χ0n) is 11.4. The Bertz CT molecular complexity index is 630. The molecule has 1 fully saturated rings. The number of nitro benzene ring substituents is 1. The molecule has 1 aliphatic heterocycles. The van der Waals surface area contributed by atoms with Crippen molar-refractivity contribution < 1.29 is 13.3 Å². The van der Waals surface area contributed by atoms with E-state index in [0.29, 0.717) is 25.2 Å². The molecule has 1 N–H and O–H groups in total. The molecule has 0 unspecified atom stereocenters. The molecule has 0 spiro atoms. The first-order valence-corrected chi connectivity index (χ1v) is 7.75. The first-order chi connectivity index (χ1) is 9.34. The lowest BCUT2D eigenvalue weighted by molar-refractivity contribution is -0.385. The average molecular weight is 299 g/mol. The molecule has 8 heteroatoms.